The number of anilines is 1. The van der Waals surface area contributed by atoms with Crippen molar-refractivity contribution < 1.29 is 19.1 Å². The van der Waals surface area contributed by atoms with Crippen LogP contribution < -0.4 is 4.90 Å². The van der Waals surface area contributed by atoms with E-state index in [1.165, 1.54) is 4.90 Å². The van der Waals surface area contributed by atoms with Crippen molar-refractivity contribution in [2.45, 2.75) is 49.9 Å². The smallest absolute Gasteiger partial charge is 0.240 e. The molecule has 3 aliphatic rings. The van der Waals surface area contributed by atoms with E-state index in [9.17, 15) is 20.1 Å². The van der Waals surface area contributed by atoms with Gasteiger partial charge in [-0.05, 0) is 37.0 Å². The van der Waals surface area contributed by atoms with Crippen LogP contribution in [-0.2, 0) is 25.7 Å². The van der Waals surface area contributed by atoms with Crippen molar-refractivity contribution >= 4 is 28.3 Å². The van der Waals surface area contributed by atoms with Gasteiger partial charge in [-0.15, -0.1) is 0 Å². The third kappa shape index (κ3) is 3.62. The number of nitrogens with zero attached hydrogens (tertiary/aromatic N) is 3. The molecule has 3 fully saturated rings. The van der Waals surface area contributed by atoms with Gasteiger partial charge in [0.1, 0.15) is 0 Å². The van der Waals surface area contributed by atoms with E-state index >= 15 is 0 Å². The summed E-state index contributed by atoms with van der Waals surface area (Å²) in [7, 11) is 0. The maximum Gasteiger partial charge on any atom is 0.240 e. The zero-order valence-corrected chi connectivity index (χ0v) is 20.9. The molecule has 0 N–H and O–H groups in total. The molecule has 190 valence electrons. The molecule has 7 heteroatoms. The highest BCUT2D eigenvalue weighted by Crippen LogP contribution is 2.64. The number of amides is 2. The number of ether oxygens (including phenoxy) is 2. The molecule has 3 aliphatic heterocycles. The van der Waals surface area contributed by atoms with Gasteiger partial charge in [-0.2, -0.15) is 10.5 Å². The maximum atomic E-state index is 14.1. The summed E-state index contributed by atoms with van der Waals surface area (Å²) in [6.45, 7) is 0.856. The Morgan fingerprint density at radius 2 is 1.53 bits per heavy atom. The first kappa shape index (κ1) is 24.3. The topological polar surface area (TPSA) is 103 Å². The van der Waals surface area contributed by atoms with Crippen LogP contribution in [0.5, 0.6) is 0 Å². The zero-order chi connectivity index (χ0) is 26.3. The normalized spacial score (nSPS) is 27.5. The van der Waals surface area contributed by atoms with E-state index in [1.54, 1.807) is 12.1 Å². The van der Waals surface area contributed by atoms with Crippen molar-refractivity contribution in [3.05, 3.63) is 77.9 Å². The average Bonchev–Trinajstić information content (AvgIpc) is 3.56. The van der Waals surface area contributed by atoms with E-state index in [2.05, 4.69) is 12.1 Å². The van der Waals surface area contributed by atoms with Crippen molar-refractivity contribution in [1.82, 2.24) is 0 Å². The first-order chi connectivity index (χ1) is 18.5. The molecule has 2 amide bonds. The summed E-state index contributed by atoms with van der Waals surface area (Å²) in [5.41, 5.74) is 0.416. The standard InChI is InChI=1S/C31H27N3O4/c32-17-6-13-30-14-15-31(38-30,16-18-37-20-21-7-2-1-3-8-21)27-26(30)28(35)34(29(27)36)25-12-11-22(19-33)23-9-4-5-10-24(23)25/h1-5,7-12,26-27H,6,13-16,18,20H2/t26-,27?,30+,31+/m0/s1. The Morgan fingerprint density at radius 3 is 2.21 bits per heavy atom. The van der Waals surface area contributed by atoms with Gasteiger partial charge in [0.25, 0.3) is 0 Å². The van der Waals surface area contributed by atoms with Crippen LogP contribution in [0.25, 0.3) is 10.8 Å². The summed E-state index contributed by atoms with van der Waals surface area (Å²) < 4.78 is 12.6. The van der Waals surface area contributed by atoms with E-state index in [-0.39, 0.29) is 18.2 Å². The summed E-state index contributed by atoms with van der Waals surface area (Å²) in [5, 5.41) is 20.3. The monoisotopic (exact) mass is 505 g/mol. The van der Waals surface area contributed by atoms with Gasteiger partial charge in [0.2, 0.25) is 11.8 Å². The molecule has 3 saturated heterocycles. The molecule has 38 heavy (non-hydrogen) atoms. The molecule has 3 aromatic rings. The Balaban J connectivity index is 1.33. The molecule has 6 rings (SSSR count). The number of hydrogen-bond donors (Lipinski definition) is 0. The number of fused-ring (bicyclic) bond motifs is 6. The minimum Gasteiger partial charge on any atom is -0.377 e. The summed E-state index contributed by atoms with van der Waals surface area (Å²) in [4.78, 5) is 29.5. The molecule has 1 unspecified atom stereocenters. The summed E-state index contributed by atoms with van der Waals surface area (Å²) in [6.07, 6.45) is 2.45. The van der Waals surface area contributed by atoms with Gasteiger partial charge in [0, 0.05) is 30.2 Å². The number of hydrogen-bond acceptors (Lipinski definition) is 6. The number of carbonyl (C=O) groups excluding carboxylic acids is 2. The second-order valence-corrected chi connectivity index (χ2v) is 10.4. The zero-order valence-electron chi connectivity index (χ0n) is 20.9. The molecule has 4 atom stereocenters. The van der Waals surface area contributed by atoms with E-state index < -0.39 is 23.0 Å². The van der Waals surface area contributed by atoms with Gasteiger partial charge < -0.3 is 9.47 Å². The highest BCUT2D eigenvalue weighted by Gasteiger charge is 2.75. The van der Waals surface area contributed by atoms with Gasteiger partial charge in [0.15, 0.2) is 0 Å². The first-order valence-corrected chi connectivity index (χ1v) is 13.0. The molecular weight excluding hydrogens is 478 g/mol. The number of benzene rings is 3. The average molecular weight is 506 g/mol. The fourth-order valence-corrected chi connectivity index (χ4v) is 6.85. The quantitative estimate of drug-likeness (QED) is 0.314. The lowest BCUT2D eigenvalue weighted by molar-refractivity contribution is -0.133. The Hall–Kier alpha value is -4.04. The Labute approximate surface area is 221 Å². The largest absolute Gasteiger partial charge is 0.377 e. The van der Waals surface area contributed by atoms with Crippen LogP contribution in [0, 0.1) is 34.5 Å². The van der Waals surface area contributed by atoms with Crippen LogP contribution in [-0.4, -0.2) is 29.6 Å². The predicted octanol–water partition coefficient (Wildman–Crippen LogP) is 5.03. The second-order valence-electron chi connectivity index (χ2n) is 10.4. The number of imide groups is 1. The van der Waals surface area contributed by atoms with Gasteiger partial charge in [-0.3, -0.25) is 9.59 Å². The first-order valence-electron chi connectivity index (χ1n) is 13.0. The Morgan fingerprint density at radius 1 is 0.868 bits per heavy atom. The van der Waals surface area contributed by atoms with Crippen molar-refractivity contribution in [3.63, 3.8) is 0 Å². The summed E-state index contributed by atoms with van der Waals surface area (Å²) >= 11 is 0. The molecule has 7 nitrogen and oxygen atoms in total. The van der Waals surface area contributed by atoms with Crippen LogP contribution in [0.3, 0.4) is 0 Å². The molecule has 3 heterocycles. The second kappa shape index (κ2) is 9.36. The molecule has 0 saturated carbocycles. The Bertz CT molecular complexity index is 1510. The van der Waals surface area contributed by atoms with Crippen molar-refractivity contribution in [3.8, 4) is 12.1 Å². The summed E-state index contributed by atoms with van der Waals surface area (Å²) in [5.74, 6) is -1.81. The lowest BCUT2D eigenvalue weighted by atomic mass is 9.65. The van der Waals surface area contributed by atoms with Crippen LogP contribution >= 0.6 is 0 Å². The van der Waals surface area contributed by atoms with E-state index in [0.29, 0.717) is 60.9 Å². The maximum absolute atomic E-state index is 14.1. The van der Waals surface area contributed by atoms with Crippen LogP contribution in [0.15, 0.2) is 66.7 Å². The third-order valence-electron chi connectivity index (χ3n) is 8.52. The minimum absolute atomic E-state index is 0.255. The minimum atomic E-state index is -0.830. The van der Waals surface area contributed by atoms with Crippen LogP contribution in [0.4, 0.5) is 5.69 Å². The fourth-order valence-electron chi connectivity index (χ4n) is 6.85. The summed E-state index contributed by atoms with van der Waals surface area (Å²) in [6, 6.07) is 25.0. The van der Waals surface area contributed by atoms with Gasteiger partial charge >= 0.3 is 0 Å². The third-order valence-corrected chi connectivity index (χ3v) is 8.52. The highest BCUT2D eigenvalue weighted by atomic mass is 16.5. The van der Waals surface area contributed by atoms with E-state index in [0.717, 1.165) is 5.56 Å². The Kier molecular flexibility index (Phi) is 5.99. The molecule has 3 aromatic carbocycles. The molecule has 0 radical (unpaired) electrons. The van der Waals surface area contributed by atoms with Crippen LogP contribution in [0.1, 0.15) is 43.2 Å². The fraction of sp³-hybridized carbons (Fsp3) is 0.355. The van der Waals surface area contributed by atoms with Crippen molar-refractivity contribution in [2.24, 2.45) is 11.8 Å². The molecular formula is C31H27N3O4. The highest BCUT2D eigenvalue weighted by molar-refractivity contribution is 6.26. The number of carbonyl (C=O) groups is 2. The molecule has 0 spiro atoms. The van der Waals surface area contributed by atoms with E-state index in [1.807, 2.05) is 54.6 Å². The van der Waals surface area contributed by atoms with Gasteiger partial charge in [-0.25, -0.2) is 4.90 Å². The van der Waals surface area contributed by atoms with Gasteiger partial charge in [0.05, 0.1) is 53.0 Å². The molecule has 0 aromatic heterocycles. The molecule has 2 bridgehead atoms. The number of rotatable bonds is 8. The van der Waals surface area contributed by atoms with Crippen molar-refractivity contribution in [2.75, 3.05) is 11.5 Å². The van der Waals surface area contributed by atoms with Crippen molar-refractivity contribution in [1.29, 1.82) is 10.5 Å². The lowest BCUT2D eigenvalue weighted by Crippen LogP contribution is -2.43. The van der Waals surface area contributed by atoms with Crippen LogP contribution in [0.2, 0.25) is 0 Å². The van der Waals surface area contributed by atoms with E-state index in [4.69, 9.17) is 9.47 Å². The van der Waals surface area contributed by atoms with Gasteiger partial charge in [-0.1, -0.05) is 54.6 Å². The predicted molar refractivity (Wildman–Crippen MR) is 139 cm³/mol. The molecule has 0 aliphatic carbocycles. The lowest BCUT2D eigenvalue weighted by Gasteiger charge is -2.31. The SMILES string of the molecule is N#CCC[C@]12CC[C@](CCOCc3ccccc3)(O1)C1C(=O)N(c3ccc(C#N)c4ccccc34)C(=O)[C@H]12. The number of nitriles is 2.